The van der Waals surface area contributed by atoms with Crippen molar-refractivity contribution >= 4 is 11.9 Å². The van der Waals surface area contributed by atoms with Crippen LogP contribution < -0.4 is 10.1 Å². The number of ether oxygens (including phenoxy) is 1. The molecule has 2 aromatic carbocycles. The lowest BCUT2D eigenvalue weighted by atomic mass is 10.0. The molecule has 0 saturated carbocycles. The zero-order valence-electron chi connectivity index (χ0n) is 11.8. The number of nitrogens with one attached hydrogen (secondary N) is 1. The predicted octanol–water partition coefficient (Wildman–Crippen LogP) is 2.86. The second kappa shape index (κ2) is 7.24. The number of benzene rings is 2. The third-order valence-electron chi connectivity index (χ3n) is 2.93. The number of carbonyl (C=O) groups is 2. The van der Waals surface area contributed by atoms with Crippen LogP contribution in [0.15, 0.2) is 60.7 Å². The second-order valence-corrected chi connectivity index (χ2v) is 4.66. The van der Waals surface area contributed by atoms with Crippen LogP contribution in [0.1, 0.15) is 24.9 Å². The van der Waals surface area contributed by atoms with Crippen LogP contribution in [0.4, 0.5) is 0 Å². The van der Waals surface area contributed by atoms with Crippen LogP contribution in [-0.4, -0.2) is 11.9 Å². The number of rotatable bonds is 5. The molecule has 0 bridgehead atoms. The number of hydrogen-bond acceptors (Lipinski definition) is 3. The Kier molecular flexibility index (Phi) is 5.10. The summed E-state index contributed by atoms with van der Waals surface area (Å²) < 4.78 is 5.26. The van der Waals surface area contributed by atoms with Gasteiger partial charge < -0.3 is 10.1 Å². The Morgan fingerprint density at radius 2 is 1.57 bits per heavy atom. The molecule has 0 aromatic heterocycles. The quantitative estimate of drug-likeness (QED) is 0.678. The summed E-state index contributed by atoms with van der Waals surface area (Å²) in [6, 6.07) is 17.8. The number of esters is 1. The van der Waals surface area contributed by atoms with Gasteiger partial charge in [0.2, 0.25) is 5.91 Å². The number of carbonyl (C=O) groups excluding carboxylic acids is 2. The SMILES string of the molecule is CC(=O)N[C@@H](CC(=O)Oc1ccccc1)c1ccccc1. The van der Waals surface area contributed by atoms with E-state index in [-0.39, 0.29) is 24.3 Å². The third-order valence-corrected chi connectivity index (χ3v) is 2.93. The van der Waals surface area contributed by atoms with E-state index in [9.17, 15) is 9.59 Å². The monoisotopic (exact) mass is 283 g/mol. The highest BCUT2D eigenvalue weighted by molar-refractivity contribution is 5.77. The highest BCUT2D eigenvalue weighted by Crippen LogP contribution is 2.18. The van der Waals surface area contributed by atoms with Crippen molar-refractivity contribution in [1.29, 1.82) is 0 Å². The Balaban J connectivity index is 2.05. The van der Waals surface area contributed by atoms with Gasteiger partial charge in [-0.2, -0.15) is 0 Å². The average Bonchev–Trinajstić information content (AvgIpc) is 2.48. The van der Waals surface area contributed by atoms with E-state index in [2.05, 4.69) is 5.32 Å². The normalized spacial score (nSPS) is 11.5. The molecule has 1 N–H and O–H groups in total. The summed E-state index contributed by atoms with van der Waals surface area (Å²) in [7, 11) is 0. The summed E-state index contributed by atoms with van der Waals surface area (Å²) in [5.41, 5.74) is 0.873. The Bertz CT molecular complexity index is 596. The lowest BCUT2D eigenvalue weighted by Gasteiger charge is -2.17. The first-order valence-corrected chi connectivity index (χ1v) is 6.73. The van der Waals surface area contributed by atoms with Crippen molar-refractivity contribution in [2.24, 2.45) is 0 Å². The van der Waals surface area contributed by atoms with Crippen LogP contribution in [0.2, 0.25) is 0 Å². The molecule has 21 heavy (non-hydrogen) atoms. The van der Waals surface area contributed by atoms with Crippen LogP contribution in [0.25, 0.3) is 0 Å². The fraction of sp³-hybridized carbons (Fsp3) is 0.176. The molecule has 4 nitrogen and oxygen atoms in total. The predicted molar refractivity (Wildman–Crippen MR) is 79.7 cm³/mol. The zero-order chi connectivity index (χ0) is 15.1. The van der Waals surface area contributed by atoms with Crippen LogP contribution in [-0.2, 0) is 9.59 Å². The molecule has 0 spiro atoms. The molecule has 0 saturated heterocycles. The van der Waals surface area contributed by atoms with Crippen molar-refractivity contribution in [2.75, 3.05) is 0 Å². The van der Waals surface area contributed by atoms with Gasteiger partial charge in [-0.1, -0.05) is 48.5 Å². The first-order chi connectivity index (χ1) is 10.1. The number of hydrogen-bond donors (Lipinski definition) is 1. The minimum atomic E-state index is -0.389. The van der Waals surface area contributed by atoms with Crippen molar-refractivity contribution in [1.82, 2.24) is 5.32 Å². The minimum absolute atomic E-state index is 0.0818. The maximum absolute atomic E-state index is 12.0. The first-order valence-electron chi connectivity index (χ1n) is 6.73. The van der Waals surface area contributed by atoms with Gasteiger partial charge in [-0.05, 0) is 17.7 Å². The van der Waals surface area contributed by atoms with E-state index in [1.165, 1.54) is 6.92 Å². The molecule has 108 valence electrons. The minimum Gasteiger partial charge on any atom is -0.426 e. The van der Waals surface area contributed by atoms with Gasteiger partial charge in [-0.15, -0.1) is 0 Å². The number of para-hydroxylation sites is 1. The third kappa shape index (κ3) is 4.76. The van der Waals surface area contributed by atoms with Gasteiger partial charge in [0.05, 0.1) is 12.5 Å². The molecule has 1 amide bonds. The standard InChI is InChI=1S/C17H17NO3/c1-13(19)18-16(14-8-4-2-5-9-14)12-17(20)21-15-10-6-3-7-11-15/h2-11,16H,12H2,1H3,(H,18,19)/t16-/m0/s1. The van der Waals surface area contributed by atoms with E-state index in [1.807, 2.05) is 36.4 Å². The van der Waals surface area contributed by atoms with Gasteiger partial charge in [0.1, 0.15) is 5.75 Å². The van der Waals surface area contributed by atoms with Gasteiger partial charge in [-0.3, -0.25) is 9.59 Å². The van der Waals surface area contributed by atoms with Crippen molar-refractivity contribution in [3.8, 4) is 5.75 Å². The highest BCUT2D eigenvalue weighted by Gasteiger charge is 2.18. The van der Waals surface area contributed by atoms with Gasteiger partial charge in [0.15, 0.2) is 0 Å². The van der Waals surface area contributed by atoms with Crippen LogP contribution >= 0.6 is 0 Å². The van der Waals surface area contributed by atoms with E-state index >= 15 is 0 Å². The molecule has 0 aliphatic heterocycles. The lowest BCUT2D eigenvalue weighted by molar-refractivity contribution is -0.135. The average molecular weight is 283 g/mol. The molecule has 0 fully saturated rings. The smallest absolute Gasteiger partial charge is 0.313 e. The molecule has 1 atom stereocenters. The van der Waals surface area contributed by atoms with Crippen molar-refractivity contribution < 1.29 is 14.3 Å². The maximum atomic E-state index is 12.0. The summed E-state index contributed by atoms with van der Waals surface area (Å²) in [6.45, 7) is 1.43. The molecule has 0 unspecified atom stereocenters. The molecular formula is C17H17NO3. The van der Waals surface area contributed by atoms with Gasteiger partial charge in [0, 0.05) is 6.92 Å². The van der Waals surface area contributed by atoms with Crippen molar-refractivity contribution in [2.45, 2.75) is 19.4 Å². The summed E-state index contributed by atoms with van der Waals surface area (Å²) in [5.74, 6) is -0.0719. The topological polar surface area (TPSA) is 55.4 Å². The molecule has 2 rings (SSSR count). The molecule has 4 heteroatoms. The molecule has 0 aliphatic rings. The summed E-state index contributed by atoms with van der Waals surface area (Å²) in [6.07, 6.45) is 0.0818. The summed E-state index contributed by atoms with van der Waals surface area (Å²) >= 11 is 0. The molecule has 0 heterocycles. The van der Waals surface area contributed by atoms with E-state index in [1.54, 1.807) is 24.3 Å². The lowest BCUT2D eigenvalue weighted by Crippen LogP contribution is -2.29. The van der Waals surface area contributed by atoms with Crippen molar-refractivity contribution in [3.63, 3.8) is 0 Å². The summed E-state index contributed by atoms with van der Waals surface area (Å²) in [5, 5.41) is 2.77. The Hall–Kier alpha value is -2.62. The van der Waals surface area contributed by atoms with Crippen LogP contribution in [0.3, 0.4) is 0 Å². The summed E-state index contributed by atoms with van der Waals surface area (Å²) in [4.78, 5) is 23.3. The second-order valence-electron chi connectivity index (χ2n) is 4.66. The first kappa shape index (κ1) is 14.8. The van der Waals surface area contributed by atoms with Crippen LogP contribution in [0, 0.1) is 0 Å². The number of amides is 1. The highest BCUT2D eigenvalue weighted by atomic mass is 16.5. The molecular weight excluding hydrogens is 266 g/mol. The fourth-order valence-corrected chi connectivity index (χ4v) is 2.01. The van der Waals surface area contributed by atoms with E-state index in [4.69, 9.17) is 4.74 Å². The van der Waals surface area contributed by atoms with Gasteiger partial charge in [0.25, 0.3) is 0 Å². The largest absolute Gasteiger partial charge is 0.426 e. The van der Waals surface area contributed by atoms with E-state index in [0.717, 1.165) is 5.56 Å². The Labute approximate surface area is 123 Å². The van der Waals surface area contributed by atoms with E-state index in [0.29, 0.717) is 5.75 Å². The van der Waals surface area contributed by atoms with E-state index < -0.39 is 0 Å². The maximum Gasteiger partial charge on any atom is 0.313 e. The van der Waals surface area contributed by atoms with Gasteiger partial charge >= 0.3 is 5.97 Å². The molecule has 0 aliphatic carbocycles. The fourth-order valence-electron chi connectivity index (χ4n) is 2.01. The van der Waals surface area contributed by atoms with Crippen LogP contribution in [0.5, 0.6) is 5.75 Å². The molecule has 0 radical (unpaired) electrons. The van der Waals surface area contributed by atoms with Gasteiger partial charge in [-0.25, -0.2) is 0 Å². The zero-order valence-corrected chi connectivity index (χ0v) is 11.8. The molecule has 2 aromatic rings. The Morgan fingerprint density at radius 3 is 2.14 bits per heavy atom. The van der Waals surface area contributed by atoms with Crippen molar-refractivity contribution in [3.05, 3.63) is 66.2 Å². The Morgan fingerprint density at radius 1 is 1.00 bits per heavy atom.